The van der Waals surface area contributed by atoms with Crippen LogP contribution in [0.4, 0.5) is 0 Å². The van der Waals surface area contributed by atoms with Gasteiger partial charge in [0, 0.05) is 0 Å². The minimum Gasteiger partial charge on any atom is -0.323 e. The van der Waals surface area contributed by atoms with Gasteiger partial charge in [-0.3, -0.25) is 0 Å². The second-order valence-corrected chi connectivity index (χ2v) is 3.68. The molecule has 62 valence electrons. The van der Waals surface area contributed by atoms with Gasteiger partial charge in [-0.05, 0) is 0 Å². The van der Waals surface area contributed by atoms with E-state index in [0.29, 0.717) is 0 Å². The fourth-order valence-electron chi connectivity index (χ4n) is 1.17. The molecule has 0 spiro atoms. The molecule has 0 fully saturated rings. The summed E-state index contributed by atoms with van der Waals surface area (Å²) < 4.78 is 0. The van der Waals surface area contributed by atoms with Crippen LogP contribution in [0.15, 0.2) is 0 Å². The lowest BCUT2D eigenvalue weighted by molar-refractivity contribution is 0.395. The van der Waals surface area contributed by atoms with E-state index < -0.39 is 0 Å². The normalized spacial score (nSPS) is 17.4. The van der Waals surface area contributed by atoms with Gasteiger partial charge in [0.05, 0.1) is 0 Å². The molecule has 0 aliphatic rings. The molecule has 0 aromatic rings. The molecule has 0 aliphatic heterocycles. The van der Waals surface area contributed by atoms with Gasteiger partial charge in [0.2, 0.25) is 0 Å². The molecule has 0 amide bonds. The van der Waals surface area contributed by atoms with Crippen LogP contribution in [0.3, 0.4) is 0 Å². The van der Waals surface area contributed by atoms with E-state index >= 15 is 0 Å². The summed E-state index contributed by atoms with van der Waals surface area (Å²) >= 11 is 0. The molecule has 0 aliphatic carbocycles. The van der Waals surface area contributed by atoms with E-state index in [0.717, 1.165) is 17.8 Å². The van der Waals surface area contributed by atoms with Crippen LogP contribution in [0.25, 0.3) is 0 Å². The van der Waals surface area contributed by atoms with Gasteiger partial charge in [-0.1, -0.05) is 47.0 Å². The van der Waals surface area contributed by atoms with E-state index in [-0.39, 0.29) is 0 Å². The topological polar surface area (TPSA) is 0 Å². The average molecular weight is 141 g/mol. The highest BCUT2D eigenvalue weighted by Crippen LogP contribution is 2.20. The zero-order valence-corrected chi connectivity index (χ0v) is 8.02. The van der Waals surface area contributed by atoms with E-state index in [2.05, 4.69) is 41.0 Å². The third kappa shape index (κ3) is 3.92. The van der Waals surface area contributed by atoms with Crippen molar-refractivity contribution in [1.29, 1.82) is 0 Å². The third-order valence-electron chi connectivity index (χ3n) is 2.23. The Bertz CT molecular complexity index is 74.1. The van der Waals surface area contributed by atoms with Crippen LogP contribution in [0.5, 0.6) is 0 Å². The van der Waals surface area contributed by atoms with Crippen molar-refractivity contribution in [2.45, 2.75) is 41.0 Å². The van der Waals surface area contributed by atoms with Crippen LogP contribution >= 0.6 is 0 Å². The molecule has 0 heteroatoms. The summed E-state index contributed by atoms with van der Waals surface area (Å²) in [5.74, 6) is 2.37. The van der Waals surface area contributed by atoms with Gasteiger partial charge in [-0.25, -0.2) is 0 Å². The van der Waals surface area contributed by atoms with Gasteiger partial charge in [0.15, 0.2) is 0 Å². The van der Waals surface area contributed by atoms with Crippen molar-refractivity contribution in [2.24, 2.45) is 17.8 Å². The lowest BCUT2D eigenvalue weighted by Gasteiger charge is -2.30. The first-order valence-electron chi connectivity index (χ1n) is 4.42. The van der Waals surface area contributed by atoms with Gasteiger partial charge in [-0.15, -0.1) is 0 Å². The molecule has 2 atom stereocenters. The molecule has 0 aromatic carbocycles. The van der Waals surface area contributed by atoms with Crippen LogP contribution in [0.1, 0.15) is 41.0 Å². The van der Waals surface area contributed by atoms with Gasteiger partial charge in [0.25, 0.3) is 0 Å². The molecular weight excluding hydrogens is 120 g/mol. The van der Waals surface area contributed by atoms with E-state index in [9.17, 15) is 0 Å². The van der Waals surface area contributed by atoms with Crippen molar-refractivity contribution >= 4 is 0 Å². The molecular formula is C10H21-. The van der Waals surface area contributed by atoms with E-state index in [4.69, 9.17) is 0 Å². The van der Waals surface area contributed by atoms with Crippen LogP contribution in [0, 0.1) is 24.2 Å². The monoisotopic (exact) mass is 141 g/mol. The molecule has 0 nitrogen and oxygen atoms in total. The molecule has 0 radical (unpaired) electrons. The molecule has 0 saturated heterocycles. The Morgan fingerprint density at radius 1 is 1.10 bits per heavy atom. The van der Waals surface area contributed by atoms with Gasteiger partial charge < -0.3 is 6.42 Å². The van der Waals surface area contributed by atoms with Crippen molar-refractivity contribution in [2.75, 3.05) is 0 Å². The zero-order valence-electron chi connectivity index (χ0n) is 8.02. The maximum Gasteiger partial charge on any atom is -0.0558 e. The lowest BCUT2D eigenvalue weighted by Crippen LogP contribution is -2.10. The van der Waals surface area contributed by atoms with Crippen LogP contribution < -0.4 is 0 Å². The smallest absolute Gasteiger partial charge is 0.0558 e. The molecule has 0 rings (SSSR count). The summed E-state index contributed by atoms with van der Waals surface area (Å²) in [6, 6.07) is 0. The summed E-state index contributed by atoms with van der Waals surface area (Å²) in [7, 11) is 0. The predicted molar refractivity (Wildman–Crippen MR) is 47.8 cm³/mol. The predicted octanol–water partition coefficient (Wildman–Crippen LogP) is 3.53. The Labute approximate surface area is 66.0 Å². The zero-order chi connectivity index (χ0) is 8.15. The molecule has 2 unspecified atom stereocenters. The third-order valence-corrected chi connectivity index (χ3v) is 2.23. The first-order valence-corrected chi connectivity index (χ1v) is 4.42. The van der Waals surface area contributed by atoms with Gasteiger partial charge in [-0.2, -0.15) is 11.8 Å². The molecule has 0 saturated carbocycles. The Hall–Kier alpha value is 0. The Morgan fingerprint density at radius 3 is 1.90 bits per heavy atom. The number of rotatable bonds is 4. The van der Waals surface area contributed by atoms with Crippen LogP contribution in [-0.2, 0) is 0 Å². The van der Waals surface area contributed by atoms with Gasteiger partial charge in [0.1, 0.15) is 0 Å². The summed E-state index contributed by atoms with van der Waals surface area (Å²) in [6.07, 6.45) is 3.73. The quantitative estimate of drug-likeness (QED) is 0.525. The molecule has 0 heterocycles. The molecule has 0 N–H and O–H groups in total. The second kappa shape index (κ2) is 4.76. The fraction of sp³-hybridized carbons (Fsp3) is 0.900. The summed E-state index contributed by atoms with van der Waals surface area (Å²) in [5.41, 5.74) is 0. The maximum atomic E-state index is 2.44. The Morgan fingerprint density at radius 2 is 1.60 bits per heavy atom. The second-order valence-electron chi connectivity index (χ2n) is 3.68. The highest BCUT2D eigenvalue weighted by molar-refractivity contribution is 4.78. The molecule has 0 aromatic heterocycles. The van der Waals surface area contributed by atoms with Gasteiger partial charge >= 0.3 is 0 Å². The van der Waals surface area contributed by atoms with E-state index in [1.807, 2.05) is 0 Å². The lowest BCUT2D eigenvalue weighted by atomic mass is 9.87. The van der Waals surface area contributed by atoms with Crippen molar-refractivity contribution in [1.82, 2.24) is 0 Å². The minimum absolute atomic E-state index is 0.740. The highest BCUT2D eigenvalue weighted by Gasteiger charge is 2.01. The van der Waals surface area contributed by atoms with Crippen molar-refractivity contribution in [3.8, 4) is 0 Å². The van der Waals surface area contributed by atoms with Crippen LogP contribution in [-0.4, -0.2) is 0 Å². The summed E-state index contributed by atoms with van der Waals surface area (Å²) in [6.45, 7) is 11.4. The Balaban J connectivity index is 3.50. The number of hydrogen-bond acceptors (Lipinski definition) is 0. The highest BCUT2D eigenvalue weighted by atomic mass is 14.2. The standard InChI is InChI=1S/C10H21/c1-6-9(4)10(5)7-8(2)3/h7-10H,6H2,1-5H3/q-1. The molecule has 10 heavy (non-hydrogen) atoms. The molecule has 0 bridgehead atoms. The maximum absolute atomic E-state index is 2.44. The summed E-state index contributed by atoms with van der Waals surface area (Å²) in [5, 5.41) is 0. The largest absolute Gasteiger partial charge is 0.323 e. The van der Waals surface area contributed by atoms with Crippen molar-refractivity contribution < 1.29 is 0 Å². The van der Waals surface area contributed by atoms with Crippen molar-refractivity contribution in [3.05, 3.63) is 6.42 Å². The Kier molecular flexibility index (Phi) is 4.76. The van der Waals surface area contributed by atoms with E-state index in [1.165, 1.54) is 6.42 Å². The average Bonchev–Trinajstić information content (AvgIpc) is 1.85. The fourth-order valence-corrected chi connectivity index (χ4v) is 1.17. The first kappa shape index (κ1) is 10.0. The minimum atomic E-state index is 0.740. The van der Waals surface area contributed by atoms with Crippen LogP contribution in [0.2, 0.25) is 0 Å². The first-order chi connectivity index (χ1) is 4.57. The SMILES string of the molecule is CCC(C)C(C)[CH-]C(C)C. The van der Waals surface area contributed by atoms with E-state index in [1.54, 1.807) is 0 Å². The number of hydrogen-bond donors (Lipinski definition) is 0. The van der Waals surface area contributed by atoms with Crippen molar-refractivity contribution in [3.63, 3.8) is 0 Å². The summed E-state index contributed by atoms with van der Waals surface area (Å²) in [4.78, 5) is 0.